The first-order valence-electron chi connectivity index (χ1n) is 6.40. The smallest absolute Gasteiger partial charge is 0.309 e. The van der Waals surface area contributed by atoms with Crippen LogP contribution in [0.25, 0.3) is 16.6 Å². The fraction of sp³-hybridized carbons (Fsp3) is 0.125. The highest BCUT2D eigenvalue weighted by Crippen LogP contribution is 2.22. The van der Waals surface area contributed by atoms with Crippen LogP contribution >= 0.6 is 0 Å². The Labute approximate surface area is 116 Å². The standard InChI is InChI=1S/C16H14N2O2/c1-11-6-8-12(9-7-11)18-15(10-16(19)20)13-4-2-3-5-14(13)17-18/h2-9H,10H2,1H3,(H,19,20). The van der Waals surface area contributed by atoms with Crippen LogP contribution < -0.4 is 0 Å². The topological polar surface area (TPSA) is 55.1 Å². The molecule has 1 heterocycles. The zero-order chi connectivity index (χ0) is 14.1. The van der Waals surface area contributed by atoms with E-state index in [1.54, 1.807) is 4.68 Å². The third-order valence-electron chi connectivity index (χ3n) is 3.28. The molecule has 0 spiro atoms. The Morgan fingerprint density at radius 3 is 2.55 bits per heavy atom. The number of hydrogen-bond donors (Lipinski definition) is 1. The Kier molecular flexibility index (Phi) is 2.99. The lowest BCUT2D eigenvalue weighted by atomic mass is 10.1. The van der Waals surface area contributed by atoms with Gasteiger partial charge in [0.1, 0.15) is 0 Å². The number of aliphatic carboxylic acids is 1. The zero-order valence-corrected chi connectivity index (χ0v) is 11.1. The minimum absolute atomic E-state index is 0.0472. The van der Waals surface area contributed by atoms with Crippen molar-refractivity contribution in [2.75, 3.05) is 0 Å². The Bertz CT molecular complexity index is 773. The van der Waals surface area contributed by atoms with Crippen LogP contribution in [0.1, 0.15) is 11.3 Å². The van der Waals surface area contributed by atoms with Crippen LogP contribution in [0.3, 0.4) is 0 Å². The molecule has 0 aliphatic heterocycles. The van der Waals surface area contributed by atoms with Crippen LogP contribution in [-0.2, 0) is 11.2 Å². The van der Waals surface area contributed by atoms with E-state index in [1.807, 2.05) is 55.5 Å². The second-order valence-corrected chi connectivity index (χ2v) is 4.78. The number of aryl methyl sites for hydroxylation is 1. The molecule has 100 valence electrons. The first-order chi connectivity index (χ1) is 9.65. The van der Waals surface area contributed by atoms with Crippen molar-refractivity contribution in [1.29, 1.82) is 0 Å². The molecule has 0 saturated heterocycles. The summed E-state index contributed by atoms with van der Waals surface area (Å²) in [4.78, 5) is 11.1. The van der Waals surface area contributed by atoms with Crippen LogP contribution in [0.2, 0.25) is 0 Å². The van der Waals surface area contributed by atoms with E-state index in [0.717, 1.165) is 22.2 Å². The molecule has 0 bridgehead atoms. The van der Waals surface area contributed by atoms with Gasteiger partial charge in [-0.2, -0.15) is 5.10 Å². The summed E-state index contributed by atoms with van der Waals surface area (Å²) in [6, 6.07) is 15.5. The van der Waals surface area contributed by atoms with Crippen molar-refractivity contribution in [3.63, 3.8) is 0 Å². The maximum atomic E-state index is 11.1. The van der Waals surface area contributed by atoms with E-state index in [9.17, 15) is 4.79 Å². The van der Waals surface area contributed by atoms with Gasteiger partial charge in [-0.05, 0) is 25.1 Å². The fourth-order valence-corrected chi connectivity index (χ4v) is 2.30. The molecule has 0 radical (unpaired) electrons. The van der Waals surface area contributed by atoms with Gasteiger partial charge in [0.2, 0.25) is 0 Å². The van der Waals surface area contributed by atoms with Crippen molar-refractivity contribution in [2.24, 2.45) is 0 Å². The van der Waals surface area contributed by atoms with Crippen LogP contribution in [0.4, 0.5) is 0 Å². The minimum Gasteiger partial charge on any atom is -0.481 e. The van der Waals surface area contributed by atoms with Gasteiger partial charge in [-0.3, -0.25) is 4.79 Å². The summed E-state index contributed by atoms with van der Waals surface area (Å²) in [5.74, 6) is -0.857. The van der Waals surface area contributed by atoms with E-state index in [4.69, 9.17) is 5.11 Å². The van der Waals surface area contributed by atoms with Gasteiger partial charge in [0.05, 0.1) is 23.3 Å². The molecular weight excluding hydrogens is 252 g/mol. The molecule has 4 nitrogen and oxygen atoms in total. The third-order valence-corrected chi connectivity index (χ3v) is 3.28. The summed E-state index contributed by atoms with van der Waals surface area (Å²) < 4.78 is 1.72. The minimum atomic E-state index is -0.857. The molecule has 0 aliphatic rings. The number of benzene rings is 2. The Hall–Kier alpha value is -2.62. The molecule has 0 saturated carbocycles. The van der Waals surface area contributed by atoms with Crippen LogP contribution in [0, 0.1) is 6.92 Å². The molecule has 20 heavy (non-hydrogen) atoms. The summed E-state index contributed by atoms with van der Waals surface area (Å²) in [5.41, 5.74) is 3.55. The van der Waals surface area contributed by atoms with Crippen LogP contribution in [0.5, 0.6) is 0 Å². The molecule has 3 aromatic rings. The maximum Gasteiger partial charge on any atom is 0.309 e. The van der Waals surface area contributed by atoms with Crippen molar-refractivity contribution in [2.45, 2.75) is 13.3 Å². The molecule has 1 aromatic heterocycles. The van der Waals surface area contributed by atoms with Gasteiger partial charge >= 0.3 is 5.97 Å². The summed E-state index contributed by atoms with van der Waals surface area (Å²) in [7, 11) is 0. The number of carboxylic acids is 1. The fourth-order valence-electron chi connectivity index (χ4n) is 2.30. The quantitative estimate of drug-likeness (QED) is 0.793. The first kappa shape index (κ1) is 12.4. The van der Waals surface area contributed by atoms with Gasteiger partial charge in [0.15, 0.2) is 0 Å². The van der Waals surface area contributed by atoms with Gasteiger partial charge in [0.25, 0.3) is 0 Å². The van der Waals surface area contributed by atoms with Crippen LogP contribution in [-0.4, -0.2) is 20.9 Å². The van der Waals surface area contributed by atoms with Gasteiger partial charge in [-0.15, -0.1) is 0 Å². The van der Waals surface area contributed by atoms with Crippen molar-refractivity contribution in [3.8, 4) is 5.69 Å². The predicted molar refractivity (Wildman–Crippen MR) is 77.1 cm³/mol. The van der Waals surface area contributed by atoms with Crippen molar-refractivity contribution in [1.82, 2.24) is 9.78 Å². The average molecular weight is 266 g/mol. The highest BCUT2D eigenvalue weighted by atomic mass is 16.4. The highest BCUT2D eigenvalue weighted by molar-refractivity contribution is 5.86. The number of aromatic nitrogens is 2. The van der Waals surface area contributed by atoms with Crippen LogP contribution in [0.15, 0.2) is 48.5 Å². The molecule has 0 amide bonds. The zero-order valence-electron chi connectivity index (χ0n) is 11.1. The molecule has 0 fully saturated rings. The number of nitrogens with zero attached hydrogens (tertiary/aromatic N) is 2. The SMILES string of the molecule is Cc1ccc(-n2nc3ccccc3c2CC(=O)O)cc1. The molecule has 0 unspecified atom stereocenters. The number of rotatable bonds is 3. The van der Waals surface area contributed by atoms with E-state index in [-0.39, 0.29) is 6.42 Å². The van der Waals surface area contributed by atoms with Gasteiger partial charge in [-0.25, -0.2) is 4.68 Å². The van der Waals surface area contributed by atoms with Crippen molar-refractivity contribution in [3.05, 3.63) is 59.8 Å². The van der Waals surface area contributed by atoms with Gasteiger partial charge < -0.3 is 5.11 Å². The summed E-state index contributed by atoms with van der Waals surface area (Å²) in [5, 5.41) is 14.5. The molecule has 4 heteroatoms. The molecule has 2 aromatic carbocycles. The normalized spacial score (nSPS) is 10.8. The lowest BCUT2D eigenvalue weighted by molar-refractivity contribution is -0.136. The third kappa shape index (κ3) is 2.16. The van der Waals surface area contributed by atoms with Gasteiger partial charge in [0, 0.05) is 5.39 Å². The number of fused-ring (bicyclic) bond motifs is 1. The Morgan fingerprint density at radius 2 is 1.85 bits per heavy atom. The lowest BCUT2D eigenvalue weighted by Gasteiger charge is -2.06. The molecule has 0 aliphatic carbocycles. The Morgan fingerprint density at radius 1 is 1.15 bits per heavy atom. The Balaban J connectivity index is 2.23. The number of carbonyl (C=O) groups is 1. The molecular formula is C16H14N2O2. The number of hydrogen-bond acceptors (Lipinski definition) is 2. The van der Waals surface area contributed by atoms with E-state index < -0.39 is 5.97 Å². The summed E-state index contributed by atoms with van der Waals surface area (Å²) >= 11 is 0. The summed E-state index contributed by atoms with van der Waals surface area (Å²) in [6.07, 6.45) is -0.0472. The van der Waals surface area contributed by atoms with Gasteiger partial charge in [-0.1, -0.05) is 35.9 Å². The number of carboxylic acid groups (broad SMARTS) is 1. The monoisotopic (exact) mass is 266 g/mol. The van der Waals surface area contributed by atoms with E-state index >= 15 is 0 Å². The lowest BCUT2D eigenvalue weighted by Crippen LogP contribution is -2.08. The van der Waals surface area contributed by atoms with E-state index in [0.29, 0.717) is 5.69 Å². The second-order valence-electron chi connectivity index (χ2n) is 4.78. The van der Waals surface area contributed by atoms with E-state index in [2.05, 4.69) is 5.10 Å². The summed E-state index contributed by atoms with van der Waals surface area (Å²) in [6.45, 7) is 2.02. The average Bonchev–Trinajstić information content (AvgIpc) is 2.78. The molecule has 3 rings (SSSR count). The van der Waals surface area contributed by atoms with Crippen molar-refractivity contribution >= 4 is 16.9 Å². The predicted octanol–water partition coefficient (Wildman–Crippen LogP) is 2.96. The maximum absolute atomic E-state index is 11.1. The highest BCUT2D eigenvalue weighted by Gasteiger charge is 2.14. The molecule has 1 N–H and O–H groups in total. The van der Waals surface area contributed by atoms with E-state index in [1.165, 1.54) is 0 Å². The molecule has 0 atom stereocenters. The first-order valence-corrected chi connectivity index (χ1v) is 6.40. The van der Waals surface area contributed by atoms with Crippen molar-refractivity contribution < 1.29 is 9.90 Å². The largest absolute Gasteiger partial charge is 0.481 e. The second kappa shape index (κ2) is 4.81.